The quantitative estimate of drug-likeness (QED) is 0.568. The summed E-state index contributed by atoms with van der Waals surface area (Å²) >= 11 is 0. The normalized spacial score (nSPS) is 11.5. The Bertz CT molecular complexity index is 1010. The van der Waals surface area contributed by atoms with E-state index in [2.05, 4.69) is 10.6 Å². The number of benzene rings is 3. The zero-order chi connectivity index (χ0) is 22.2. The summed E-state index contributed by atoms with van der Waals surface area (Å²) in [5, 5.41) is 5.58. The Morgan fingerprint density at radius 1 is 0.806 bits per heavy atom. The van der Waals surface area contributed by atoms with Gasteiger partial charge in [0.15, 0.2) is 6.10 Å². The van der Waals surface area contributed by atoms with Crippen molar-refractivity contribution in [3.05, 3.63) is 102 Å². The molecule has 0 saturated heterocycles. The van der Waals surface area contributed by atoms with Gasteiger partial charge in [-0.15, -0.1) is 0 Å². The van der Waals surface area contributed by atoms with Crippen molar-refractivity contribution in [2.45, 2.75) is 26.0 Å². The highest BCUT2D eigenvalue weighted by molar-refractivity contribution is 5.95. The lowest BCUT2D eigenvalue weighted by Crippen LogP contribution is -2.38. The summed E-state index contributed by atoms with van der Waals surface area (Å²) in [5.41, 5.74) is 2.56. The molecule has 1 atom stereocenters. The molecule has 0 radical (unpaired) electrons. The van der Waals surface area contributed by atoms with Crippen LogP contribution in [0.3, 0.4) is 0 Å². The van der Waals surface area contributed by atoms with Gasteiger partial charge in [0.1, 0.15) is 0 Å². The largest absolute Gasteiger partial charge is 0.449 e. The van der Waals surface area contributed by atoms with Crippen LogP contribution < -0.4 is 10.6 Å². The van der Waals surface area contributed by atoms with Crippen molar-refractivity contribution in [3.63, 3.8) is 0 Å². The van der Waals surface area contributed by atoms with E-state index in [1.807, 2.05) is 60.7 Å². The van der Waals surface area contributed by atoms with Crippen molar-refractivity contribution in [1.29, 1.82) is 0 Å². The summed E-state index contributed by atoms with van der Waals surface area (Å²) < 4.78 is 5.37. The van der Waals surface area contributed by atoms with Crippen LogP contribution in [0.25, 0.3) is 0 Å². The molecular formula is C25H24N2O4. The second kappa shape index (κ2) is 10.2. The highest BCUT2D eigenvalue weighted by Gasteiger charge is 2.23. The van der Waals surface area contributed by atoms with Gasteiger partial charge in [-0.25, -0.2) is 4.79 Å². The van der Waals surface area contributed by atoms with E-state index in [0.717, 1.165) is 11.1 Å². The van der Waals surface area contributed by atoms with Crippen LogP contribution in [-0.4, -0.2) is 23.9 Å². The van der Waals surface area contributed by atoms with Gasteiger partial charge < -0.3 is 15.4 Å². The van der Waals surface area contributed by atoms with Crippen molar-refractivity contribution in [3.8, 4) is 0 Å². The van der Waals surface area contributed by atoms with Crippen LogP contribution in [0, 0.1) is 0 Å². The molecule has 2 N–H and O–H groups in total. The number of ether oxygens (including phenoxy) is 1. The molecule has 0 unspecified atom stereocenters. The Morgan fingerprint density at radius 2 is 1.39 bits per heavy atom. The van der Waals surface area contributed by atoms with Crippen LogP contribution >= 0.6 is 0 Å². The van der Waals surface area contributed by atoms with E-state index >= 15 is 0 Å². The zero-order valence-electron chi connectivity index (χ0n) is 17.4. The van der Waals surface area contributed by atoms with Crippen LogP contribution in [0.4, 0.5) is 5.69 Å². The Balaban J connectivity index is 1.71. The minimum Gasteiger partial charge on any atom is -0.449 e. The van der Waals surface area contributed by atoms with Gasteiger partial charge >= 0.3 is 5.97 Å². The first kappa shape index (κ1) is 21.8. The molecule has 0 saturated carbocycles. The number of esters is 1. The van der Waals surface area contributed by atoms with Crippen LogP contribution in [0.1, 0.15) is 41.4 Å². The Kier molecular flexibility index (Phi) is 7.17. The summed E-state index contributed by atoms with van der Waals surface area (Å²) in [5.74, 6) is -1.30. The summed E-state index contributed by atoms with van der Waals surface area (Å²) in [7, 11) is 0. The molecule has 0 aliphatic carbocycles. The highest BCUT2D eigenvalue weighted by Crippen LogP contribution is 2.22. The average molecular weight is 416 g/mol. The second-order valence-electron chi connectivity index (χ2n) is 7.07. The molecule has 0 fully saturated rings. The fraction of sp³-hybridized carbons (Fsp3) is 0.160. The molecular weight excluding hydrogens is 392 g/mol. The first-order valence-corrected chi connectivity index (χ1v) is 9.93. The maximum atomic E-state index is 12.8. The summed E-state index contributed by atoms with van der Waals surface area (Å²) in [6.45, 7) is 2.91. The molecule has 3 aromatic carbocycles. The summed E-state index contributed by atoms with van der Waals surface area (Å²) in [4.78, 5) is 36.6. The highest BCUT2D eigenvalue weighted by atomic mass is 16.5. The molecule has 3 rings (SSSR count). The van der Waals surface area contributed by atoms with Crippen molar-refractivity contribution in [1.82, 2.24) is 5.32 Å². The topological polar surface area (TPSA) is 84.5 Å². The predicted octanol–water partition coefficient (Wildman–Crippen LogP) is 4.10. The number of hydrogen-bond donors (Lipinski definition) is 2. The lowest BCUT2D eigenvalue weighted by atomic mass is 9.98. The van der Waals surface area contributed by atoms with E-state index in [4.69, 9.17) is 4.74 Å². The fourth-order valence-electron chi connectivity index (χ4n) is 3.12. The molecule has 0 aliphatic rings. The lowest BCUT2D eigenvalue weighted by molar-refractivity contribution is -0.129. The maximum absolute atomic E-state index is 12.8. The summed E-state index contributed by atoms with van der Waals surface area (Å²) in [6.07, 6.45) is -1.01. The zero-order valence-corrected chi connectivity index (χ0v) is 17.4. The molecule has 3 aromatic rings. The minimum atomic E-state index is -1.01. The number of rotatable bonds is 7. The molecule has 0 spiro atoms. The average Bonchev–Trinajstić information content (AvgIpc) is 2.78. The van der Waals surface area contributed by atoms with Gasteiger partial charge in [-0.1, -0.05) is 66.7 Å². The van der Waals surface area contributed by atoms with E-state index < -0.39 is 18.0 Å². The van der Waals surface area contributed by atoms with E-state index in [9.17, 15) is 14.4 Å². The number of anilines is 1. The van der Waals surface area contributed by atoms with Crippen LogP contribution in [0.2, 0.25) is 0 Å². The molecule has 158 valence electrons. The number of carbonyl (C=O) groups excluding carboxylic acids is 3. The molecule has 31 heavy (non-hydrogen) atoms. The maximum Gasteiger partial charge on any atom is 0.338 e. The molecule has 6 heteroatoms. The van der Waals surface area contributed by atoms with E-state index in [1.165, 1.54) is 19.9 Å². The Morgan fingerprint density at radius 3 is 1.94 bits per heavy atom. The van der Waals surface area contributed by atoms with Gasteiger partial charge in [-0.05, 0) is 36.2 Å². The molecule has 0 aromatic heterocycles. The van der Waals surface area contributed by atoms with Gasteiger partial charge in [-0.3, -0.25) is 9.59 Å². The second-order valence-corrected chi connectivity index (χ2v) is 7.07. The van der Waals surface area contributed by atoms with Crippen molar-refractivity contribution < 1.29 is 19.1 Å². The van der Waals surface area contributed by atoms with Crippen molar-refractivity contribution >= 4 is 23.5 Å². The third-order valence-corrected chi connectivity index (χ3v) is 4.62. The van der Waals surface area contributed by atoms with Gasteiger partial charge in [0.05, 0.1) is 11.6 Å². The Hall–Kier alpha value is -3.93. The van der Waals surface area contributed by atoms with Gasteiger partial charge in [-0.2, -0.15) is 0 Å². The number of nitrogens with one attached hydrogen (secondary N) is 2. The minimum absolute atomic E-state index is 0.244. The third-order valence-electron chi connectivity index (χ3n) is 4.62. The molecule has 2 amide bonds. The standard InChI is InChI=1S/C25H24N2O4/c1-17(31-25(30)21-14-9-15-22(16-21)26-18(2)28)24(29)27-23(19-10-5-3-6-11-19)20-12-7-4-8-13-20/h3-17,23H,1-2H3,(H,26,28)(H,27,29)/t17-/m0/s1. The first-order valence-electron chi connectivity index (χ1n) is 9.93. The number of hydrogen-bond acceptors (Lipinski definition) is 4. The molecule has 6 nitrogen and oxygen atoms in total. The monoisotopic (exact) mass is 416 g/mol. The molecule has 0 bridgehead atoms. The number of carbonyl (C=O) groups is 3. The van der Waals surface area contributed by atoms with Crippen molar-refractivity contribution in [2.24, 2.45) is 0 Å². The number of amides is 2. The summed E-state index contributed by atoms with van der Waals surface area (Å²) in [6, 6.07) is 25.2. The van der Waals surface area contributed by atoms with Gasteiger partial charge in [0.2, 0.25) is 5.91 Å². The van der Waals surface area contributed by atoms with Crippen LogP contribution in [0.15, 0.2) is 84.9 Å². The Labute approximate surface area is 181 Å². The van der Waals surface area contributed by atoms with Gasteiger partial charge in [0.25, 0.3) is 5.91 Å². The van der Waals surface area contributed by atoms with E-state index in [0.29, 0.717) is 5.69 Å². The predicted molar refractivity (Wildman–Crippen MR) is 118 cm³/mol. The van der Waals surface area contributed by atoms with Crippen LogP contribution in [-0.2, 0) is 14.3 Å². The first-order chi connectivity index (χ1) is 14.9. The molecule has 0 aliphatic heterocycles. The smallest absolute Gasteiger partial charge is 0.338 e. The van der Waals surface area contributed by atoms with Crippen LogP contribution in [0.5, 0.6) is 0 Å². The van der Waals surface area contributed by atoms with E-state index in [1.54, 1.807) is 18.2 Å². The molecule has 0 heterocycles. The van der Waals surface area contributed by atoms with Gasteiger partial charge in [0, 0.05) is 12.6 Å². The van der Waals surface area contributed by atoms with Crippen molar-refractivity contribution in [2.75, 3.05) is 5.32 Å². The SMILES string of the molecule is CC(=O)Nc1cccc(C(=O)O[C@@H](C)C(=O)NC(c2ccccc2)c2ccccc2)c1. The van der Waals surface area contributed by atoms with E-state index in [-0.39, 0.29) is 17.5 Å². The fourth-order valence-corrected chi connectivity index (χ4v) is 3.12. The lowest BCUT2D eigenvalue weighted by Gasteiger charge is -2.22. The third kappa shape index (κ3) is 6.02.